The Kier molecular flexibility index (Phi) is 3.35. The molecule has 0 rings (SSSR count). The van der Waals surface area contributed by atoms with Crippen molar-refractivity contribution in [3.05, 3.63) is 0 Å². The van der Waals surface area contributed by atoms with Crippen molar-refractivity contribution in [2.24, 2.45) is 5.16 Å². The molecular formula is C2H3NO3S. The summed E-state index contributed by atoms with van der Waals surface area (Å²) in [4.78, 5) is 9.50. The number of aldehydes is 1. The summed E-state index contributed by atoms with van der Waals surface area (Å²) in [5, 5.41) is 9.74. The Morgan fingerprint density at radius 1 is 1.86 bits per heavy atom. The lowest BCUT2D eigenvalue weighted by Crippen LogP contribution is -1.89. The van der Waals surface area contributed by atoms with Crippen LogP contribution in [0.25, 0.3) is 0 Å². The number of hydrogen-bond acceptors (Lipinski definition) is 5. The molecule has 0 aliphatic rings. The standard InChI is InChI=1S/C2H3NO3S/c4-1-2(3-5)7-6/h1,5-6H/b3-2-. The molecule has 0 radical (unpaired) electrons. The van der Waals surface area contributed by atoms with Gasteiger partial charge in [-0.3, -0.25) is 4.79 Å². The summed E-state index contributed by atoms with van der Waals surface area (Å²) >= 11 is 0.102. The van der Waals surface area contributed by atoms with Crippen LogP contribution in [0, 0.1) is 0 Å². The van der Waals surface area contributed by atoms with Crippen molar-refractivity contribution in [3.8, 4) is 0 Å². The third kappa shape index (κ3) is 2.18. The van der Waals surface area contributed by atoms with Crippen molar-refractivity contribution < 1.29 is 14.6 Å². The first kappa shape index (κ1) is 6.45. The van der Waals surface area contributed by atoms with Crippen molar-refractivity contribution in [3.63, 3.8) is 0 Å². The lowest BCUT2D eigenvalue weighted by atomic mass is 10.9. The number of rotatable bonds is 1. The van der Waals surface area contributed by atoms with Crippen molar-refractivity contribution >= 4 is 23.4 Å². The normalized spacial score (nSPS) is 11.3. The summed E-state index contributed by atoms with van der Waals surface area (Å²) in [6, 6.07) is 0. The Hall–Kier alpha value is -0.550. The van der Waals surface area contributed by atoms with Gasteiger partial charge in [-0.1, -0.05) is 5.16 Å². The van der Waals surface area contributed by atoms with E-state index in [9.17, 15) is 4.79 Å². The molecule has 0 fully saturated rings. The van der Waals surface area contributed by atoms with Gasteiger partial charge in [-0.05, 0) is 0 Å². The van der Waals surface area contributed by atoms with Crippen molar-refractivity contribution in [1.29, 1.82) is 0 Å². The van der Waals surface area contributed by atoms with E-state index in [2.05, 4.69) is 5.16 Å². The number of hydrogen-bond donors (Lipinski definition) is 2. The zero-order valence-electron chi connectivity index (χ0n) is 3.24. The molecule has 4 nitrogen and oxygen atoms in total. The lowest BCUT2D eigenvalue weighted by Gasteiger charge is -1.79. The van der Waals surface area contributed by atoms with Gasteiger partial charge in [0.1, 0.15) is 0 Å². The van der Waals surface area contributed by atoms with Crippen LogP contribution in [-0.4, -0.2) is 21.1 Å². The van der Waals surface area contributed by atoms with Gasteiger partial charge in [0, 0.05) is 0 Å². The van der Waals surface area contributed by atoms with Gasteiger partial charge in [0.25, 0.3) is 0 Å². The van der Waals surface area contributed by atoms with E-state index in [-0.39, 0.29) is 23.4 Å². The first-order chi connectivity index (χ1) is 3.35. The molecule has 0 atom stereocenters. The van der Waals surface area contributed by atoms with E-state index < -0.39 is 0 Å². The minimum atomic E-state index is -0.347. The third-order valence-electron chi connectivity index (χ3n) is 0.293. The van der Waals surface area contributed by atoms with Gasteiger partial charge >= 0.3 is 0 Å². The van der Waals surface area contributed by atoms with E-state index in [1.807, 2.05) is 0 Å². The maximum Gasteiger partial charge on any atom is 0.202 e. The summed E-state index contributed by atoms with van der Waals surface area (Å²) in [6.45, 7) is 0. The van der Waals surface area contributed by atoms with Crippen molar-refractivity contribution in [2.45, 2.75) is 0 Å². The maximum atomic E-state index is 9.50. The Balaban J connectivity index is 3.60. The number of oxime groups is 1. The fraction of sp³-hybridized carbons (Fsp3) is 0. The summed E-state index contributed by atoms with van der Waals surface area (Å²) < 4.78 is 7.92. The van der Waals surface area contributed by atoms with Gasteiger partial charge < -0.3 is 9.76 Å². The van der Waals surface area contributed by atoms with Gasteiger partial charge in [-0.2, -0.15) is 0 Å². The fourth-order valence-electron chi connectivity index (χ4n) is 0.0633. The highest BCUT2D eigenvalue weighted by Crippen LogP contribution is 1.90. The van der Waals surface area contributed by atoms with E-state index in [1.165, 1.54) is 0 Å². The van der Waals surface area contributed by atoms with Crippen LogP contribution in [0.5, 0.6) is 0 Å². The number of carbonyl (C=O) groups excluding carboxylic acids is 1. The first-order valence-corrected chi connectivity index (χ1v) is 2.11. The predicted molar refractivity (Wildman–Crippen MR) is 25.5 cm³/mol. The summed E-state index contributed by atoms with van der Waals surface area (Å²) in [5.41, 5.74) is 0. The molecule has 7 heavy (non-hydrogen) atoms. The van der Waals surface area contributed by atoms with E-state index in [0.717, 1.165) is 0 Å². The molecule has 0 bridgehead atoms. The maximum absolute atomic E-state index is 9.50. The molecule has 0 amide bonds. The van der Waals surface area contributed by atoms with Gasteiger partial charge in [-0.15, -0.1) is 0 Å². The highest BCUT2D eigenvalue weighted by Gasteiger charge is 1.91. The van der Waals surface area contributed by atoms with Gasteiger partial charge in [0.15, 0.2) is 6.29 Å². The smallest absolute Gasteiger partial charge is 0.202 e. The average molecular weight is 121 g/mol. The molecule has 0 saturated carbocycles. The zero-order valence-corrected chi connectivity index (χ0v) is 4.05. The molecule has 0 heterocycles. The van der Waals surface area contributed by atoms with Crippen LogP contribution in [-0.2, 0) is 4.79 Å². The van der Waals surface area contributed by atoms with E-state index >= 15 is 0 Å². The predicted octanol–water partition coefficient (Wildman–Crippen LogP) is 0.179. The Morgan fingerprint density at radius 2 is 2.43 bits per heavy atom. The molecule has 0 unspecified atom stereocenters. The summed E-state index contributed by atoms with van der Waals surface area (Å²) in [6.07, 6.45) is 0.241. The average Bonchev–Trinajstić information content (AvgIpc) is 1.72. The minimum Gasteiger partial charge on any atom is -0.410 e. The number of carbonyl (C=O) groups is 1. The van der Waals surface area contributed by atoms with E-state index in [0.29, 0.717) is 0 Å². The topological polar surface area (TPSA) is 69.9 Å². The Bertz CT molecular complexity index is 90.9. The third-order valence-corrected chi connectivity index (χ3v) is 0.658. The first-order valence-electron chi connectivity index (χ1n) is 1.33. The molecule has 0 aliphatic carbocycles. The lowest BCUT2D eigenvalue weighted by molar-refractivity contribution is -0.102. The van der Waals surface area contributed by atoms with Crippen LogP contribution in [0.15, 0.2) is 5.16 Å². The molecule has 0 aromatic heterocycles. The fourth-order valence-corrected chi connectivity index (χ4v) is 0.143. The molecule has 0 aliphatic heterocycles. The van der Waals surface area contributed by atoms with E-state index in [1.54, 1.807) is 0 Å². The second kappa shape index (κ2) is 3.63. The second-order valence-corrected chi connectivity index (χ2v) is 1.25. The van der Waals surface area contributed by atoms with Crippen LogP contribution < -0.4 is 0 Å². The highest BCUT2D eigenvalue weighted by molar-refractivity contribution is 8.10. The quantitative estimate of drug-likeness (QED) is 0.130. The molecule has 0 spiro atoms. The Morgan fingerprint density at radius 3 is 2.43 bits per heavy atom. The number of nitrogens with zero attached hydrogens (tertiary/aromatic N) is 1. The largest absolute Gasteiger partial charge is 0.410 e. The molecular weight excluding hydrogens is 118 g/mol. The highest BCUT2D eigenvalue weighted by atomic mass is 32.2. The molecule has 40 valence electrons. The van der Waals surface area contributed by atoms with Gasteiger partial charge in [0.05, 0.1) is 12.0 Å². The molecule has 0 aromatic rings. The van der Waals surface area contributed by atoms with Crippen LogP contribution in [0.2, 0.25) is 0 Å². The van der Waals surface area contributed by atoms with Crippen molar-refractivity contribution in [1.82, 2.24) is 0 Å². The Labute approximate surface area is 44.0 Å². The van der Waals surface area contributed by atoms with Crippen LogP contribution in [0.3, 0.4) is 0 Å². The zero-order chi connectivity index (χ0) is 5.70. The molecule has 5 heteroatoms. The van der Waals surface area contributed by atoms with Gasteiger partial charge in [-0.25, -0.2) is 0 Å². The SMILES string of the molecule is O=C/C(=N/O)SO. The second-order valence-electron chi connectivity index (χ2n) is 0.647. The monoisotopic (exact) mass is 121 g/mol. The van der Waals surface area contributed by atoms with Crippen LogP contribution in [0.1, 0.15) is 0 Å². The van der Waals surface area contributed by atoms with Gasteiger partial charge in [0.2, 0.25) is 5.04 Å². The van der Waals surface area contributed by atoms with Crippen molar-refractivity contribution in [2.75, 3.05) is 0 Å². The van der Waals surface area contributed by atoms with Crippen LogP contribution in [0.4, 0.5) is 0 Å². The summed E-state index contributed by atoms with van der Waals surface area (Å²) in [7, 11) is 0. The summed E-state index contributed by atoms with van der Waals surface area (Å²) in [5.74, 6) is 0. The minimum absolute atomic E-state index is 0.102. The molecule has 0 aromatic carbocycles. The molecule has 2 N–H and O–H groups in total. The van der Waals surface area contributed by atoms with E-state index in [4.69, 9.17) is 9.76 Å². The molecule has 0 saturated heterocycles. The van der Waals surface area contributed by atoms with Crippen LogP contribution >= 0.6 is 12.0 Å².